The van der Waals surface area contributed by atoms with Crippen LogP contribution in [-0.4, -0.2) is 16.2 Å². The molecule has 0 aliphatic rings. The van der Waals surface area contributed by atoms with Crippen LogP contribution in [0.4, 0.5) is 5.82 Å². The number of aryl methyl sites for hydroxylation is 1. The van der Waals surface area contributed by atoms with Crippen LogP contribution in [0.1, 0.15) is 16.1 Å². The van der Waals surface area contributed by atoms with Gasteiger partial charge in [-0.05, 0) is 16.0 Å². The van der Waals surface area contributed by atoms with Crippen molar-refractivity contribution in [1.82, 2.24) is 4.98 Å². The van der Waals surface area contributed by atoms with E-state index in [2.05, 4.69) is 4.98 Å². The second kappa shape index (κ2) is 3.08. The molecule has 0 saturated carbocycles. The minimum absolute atomic E-state index is 0.272. The number of aromatic nitrogens is 1. The Bertz CT molecular complexity index is 335. The summed E-state index contributed by atoms with van der Waals surface area (Å²) in [7, 11) is 0. The van der Waals surface area contributed by atoms with Gasteiger partial charge in [0, 0.05) is 18.6 Å². The zero-order valence-corrected chi connectivity index (χ0v) is 6.35. The molecule has 0 saturated heterocycles. The Labute approximate surface area is 68.2 Å². The van der Waals surface area contributed by atoms with Gasteiger partial charge in [-0.2, -0.15) is 0 Å². The highest BCUT2D eigenvalue weighted by atomic mass is 16.6. The van der Waals surface area contributed by atoms with E-state index in [1.165, 1.54) is 6.07 Å². The molecule has 1 heterocycles. The number of carbonyl (C=O) groups is 1. The van der Waals surface area contributed by atoms with Gasteiger partial charge in [0.1, 0.15) is 0 Å². The maximum absolute atomic E-state index is 10.3. The Balaban J connectivity index is 3.23. The largest absolute Gasteiger partial charge is 0.364 e. The summed E-state index contributed by atoms with van der Waals surface area (Å²) >= 11 is 0. The van der Waals surface area contributed by atoms with Gasteiger partial charge in [0.05, 0.1) is 0 Å². The lowest BCUT2D eigenvalue weighted by molar-refractivity contribution is -0.389. The first kappa shape index (κ1) is 8.32. The quantitative estimate of drug-likeness (QED) is 0.374. The standard InChI is InChI=1S/C7H6N2O3/c1-5-2-6(4-10)3-7(8-5)9(11)12/h2-4H,1H3. The van der Waals surface area contributed by atoms with Crippen LogP contribution >= 0.6 is 0 Å². The molecule has 0 aliphatic heterocycles. The maximum atomic E-state index is 10.3. The van der Waals surface area contributed by atoms with Crippen molar-refractivity contribution in [3.8, 4) is 0 Å². The number of rotatable bonds is 2. The van der Waals surface area contributed by atoms with Crippen molar-refractivity contribution < 1.29 is 9.72 Å². The van der Waals surface area contributed by atoms with Gasteiger partial charge in [0.2, 0.25) is 0 Å². The van der Waals surface area contributed by atoms with Crippen molar-refractivity contribution >= 4 is 12.1 Å². The number of aldehydes is 1. The molecule has 1 aromatic heterocycles. The first-order chi connectivity index (χ1) is 5.63. The highest BCUT2D eigenvalue weighted by Crippen LogP contribution is 2.10. The zero-order chi connectivity index (χ0) is 9.14. The molecule has 0 radical (unpaired) electrons. The lowest BCUT2D eigenvalue weighted by Gasteiger charge is -1.93. The van der Waals surface area contributed by atoms with Crippen LogP contribution in [0.3, 0.4) is 0 Å². The molecule has 0 bridgehead atoms. The molecule has 0 aromatic carbocycles. The Morgan fingerprint density at radius 3 is 2.75 bits per heavy atom. The van der Waals surface area contributed by atoms with E-state index >= 15 is 0 Å². The summed E-state index contributed by atoms with van der Waals surface area (Å²) in [4.78, 5) is 23.5. The van der Waals surface area contributed by atoms with Crippen LogP contribution in [0.5, 0.6) is 0 Å². The van der Waals surface area contributed by atoms with Crippen molar-refractivity contribution in [3.05, 3.63) is 33.5 Å². The third-order valence-electron chi connectivity index (χ3n) is 1.29. The number of hydrogen-bond donors (Lipinski definition) is 0. The van der Waals surface area contributed by atoms with E-state index < -0.39 is 4.92 Å². The van der Waals surface area contributed by atoms with Crippen molar-refractivity contribution in [1.29, 1.82) is 0 Å². The van der Waals surface area contributed by atoms with E-state index in [1.807, 2.05) is 0 Å². The highest BCUT2D eigenvalue weighted by Gasteiger charge is 2.09. The molecular formula is C7H6N2O3. The topological polar surface area (TPSA) is 73.1 Å². The van der Waals surface area contributed by atoms with Crippen molar-refractivity contribution in [3.63, 3.8) is 0 Å². The molecule has 0 atom stereocenters. The van der Waals surface area contributed by atoms with E-state index in [0.717, 1.165) is 6.07 Å². The smallest absolute Gasteiger partial charge is 0.358 e. The fraction of sp³-hybridized carbons (Fsp3) is 0.143. The van der Waals surface area contributed by atoms with Gasteiger partial charge in [-0.3, -0.25) is 4.79 Å². The van der Waals surface area contributed by atoms with Crippen molar-refractivity contribution in [2.24, 2.45) is 0 Å². The normalized spacial score (nSPS) is 9.42. The molecule has 1 aromatic rings. The molecule has 0 aliphatic carbocycles. The van der Waals surface area contributed by atoms with Crippen molar-refractivity contribution in [2.75, 3.05) is 0 Å². The number of hydrogen-bond acceptors (Lipinski definition) is 4. The molecule has 0 fully saturated rings. The highest BCUT2D eigenvalue weighted by molar-refractivity contribution is 5.75. The average Bonchev–Trinajstić information content (AvgIpc) is 2.03. The number of pyridine rings is 1. The van der Waals surface area contributed by atoms with Gasteiger partial charge in [-0.25, -0.2) is 0 Å². The van der Waals surface area contributed by atoms with Gasteiger partial charge in [0.25, 0.3) is 0 Å². The first-order valence-electron chi connectivity index (χ1n) is 3.22. The molecule has 12 heavy (non-hydrogen) atoms. The van der Waals surface area contributed by atoms with Gasteiger partial charge in [-0.1, -0.05) is 0 Å². The van der Waals surface area contributed by atoms with Gasteiger partial charge < -0.3 is 10.1 Å². The van der Waals surface area contributed by atoms with E-state index in [9.17, 15) is 14.9 Å². The third-order valence-corrected chi connectivity index (χ3v) is 1.29. The van der Waals surface area contributed by atoms with Gasteiger partial charge in [-0.15, -0.1) is 0 Å². The Kier molecular flexibility index (Phi) is 2.14. The molecule has 5 heteroatoms. The fourth-order valence-corrected chi connectivity index (χ4v) is 0.839. The molecule has 0 unspecified atom stereocenters. The summed E-state index contributed by atoms with van der Waals surface area (Å²) in [6.07, 6.45) is 0.557. The zero-order valence-electron chi connectivity index (χ0n) is 6.35. The first-order valence-corrected chi connectivity index (χ1v) is 3.22. The lowest BCUT2D eigenvalue weighted by Crippen LogP contribution is -1.95. The molecule has 0 spiro atoms. The van der Waals surface area contributed by atoms with Gasteiger partial charge >= 0.3 is 5.82 Å². The van der Waals surface area contributed by atoms with Crippen LogP contribution < -0.4 is 0 Å². The summed E-state index contributed by atoms with van der Waals surface area (Å²) in [5, 5.41) is 10.2. The van der Waals surface area contributed by atoms with E-state index in [4.69, 9.17) is 0 Å². The minimum Gasteiger partial charge on any atom is -0.358 e. The molecule has 62 valence electrons. The monoisotopic (exact) mass is 166 g/mol. The predicted molar refractivity (Wildman–Crippen MR) is 41.0 cm³/mol. The second-order valence-electron chi connectivity index (χ2n) is 2.28. The average molecular weight is 166 g/mol. The molecule has 5 nitrogen and oxygen atoms in total. The summed E-state index contributed by atoms with van der Waals surface area (Å²) in [5.74, 6) is -0.294. The van der Waals surface area contributed by atoms with Gasteiger partial charge in [0.15, 0.2) is 12.0 Å². The lowest BCUT2D eigenvalue weighted by atomic mass is 10.2. The molecule has 0 amide bonds. The van der Waals surface area contributed by atoms with Crippen LogP contribution in [0.25, 0.3) is 0 Å². The predicted octanol–water partition coefficient (Wildman–Crippen LogP) is 1.11. The number of nitrogens with zero attached hydrogens (tertiary/aromatic N) is 2. The molecule has 0 N–H and O–H groups in total. The second-order valence-corrected chi connectivity index (χ2v) is 2.28. The van der Waals surface area contributed by atoms with Crippen LogP contribution in [-0.2, 0) is 0 Å². The van der Waals surface area contributed by atoms with Crippen LogP contribution in [0.15, 0.2) is 12.1 Å². The summed E-state index contributed by atoms with van der Waals surface area (Å²) in [5.41, 5.74) is 0.737. The summed E-state index contributed by atoms with van der Waals surface area (Å²) in [6.45, 7) is 1.60. The van der Waals surface area contributed by atoms with E-state index in [-0.39, 0.29) is 11.4 Å². The van der Waals surface area contributed by atoms with Crippen LogP contribution in [0, 0.1) is 17.0 Å². The number of carbonyl (C=O) groups excluding carboxylic acids is 1. The Hall–Kier alpha value is -1.78. The third kappa shape index (κ3) is 1.63. The number of nitro groups is 1. The maximum Gasteiger partial charge on any atom is 0.364 e. The molecular weight excluding hydrogens is 160 g/mol. The fourth-order valence-electron chi connectivity index (χ4n) is 0.839. The summed E-state index contributed by atoms with van der Waals surface area (Å²) in [6, 6.07) is 2.62. The van der Waals surface area contributed by atoms with Crippen LogP contribution in [0.2, 0.25) is 0 Å². The van der Waals surface area contributed by atoms with E-state index in [1.54, 1.807) is 6.92 Å². The summed E-state index contributed by atoms with van der Waals surface area (Å²) < 4.78 is 0. The minimum atomic E-state index is -0.625. The van der Waals surface area contributed by atoms with E-state index in [0.29, 0.717) is 12.0 Å². The SMILES string of the molecule is Cc1cc(C=O)cc([N+](=O)[O-])n1. The molecule has 1 rings (SSSR count). The Morgan fingerprint density at radius 2 is 2.25 bits per heavy atom. The van der Waals surface area contributed by atoms with Crippen molar-refractivity contribution in [2.45, 2.75) is 6.92 Å². The Morgan fingerprint density at radius 1 is 1.58 bits per heavy atom.